The van der Waals surface area contributed by atoms with E-state index in [1.807, 2.05) is 45.2 Å². The number of hydrogen-bond acceptors (Lipinski definition) is 9. The number of nitrogens with zero attached hydrogens (tertiary/aromatic N) is 6. The summed E-state index contributed by atoms with van der Waals surface area (Å²) in [5.74, 6) is 1.57. The van der Waals surface area contributed by atoms with E-state index in [-0.39, 0.29) is 31.2 Å². The molecule has 0 aromatic carbocycles. The van der Waals surface area contributed by atoms with Crippen LogP contribution in [0.15, 0.2) is 36.8 Å². The van der Waals surface area contributed by atoms with Gasteiger partial charge in [0.05, 0.1) is 41.7 Å². The van der Waals surface area contributed by atoms with Crippen LogP contribution in [0.2, 0.25) is 0 Å². The SMILES string of the molecule is CCOc1cc(-c2ccc(N3CCC(CN4CCN[C@@H](C)CC4)(NC(=O)OC(C)C)CC3)nc2)c2c(C#N)cnn2c1.S. The van der Waals surface area contributed by atoms with Crippen molar-refractivity contribution in [2.75, 3.05) is 50.8 Å². The van der Waals surface area contributed by atoms with E-state index in [1.54, 1.807) is 16.9 Å². The topological polar surface area (TPSA) is 120 Å². The molecule has 5 heterocycles. The molecule has 11 nitrogen and oxygen atoms in total. The van der Waals surface area contributed by atoms with Gasteiger partial charge >= 0.3 is 6.09 Å². The van der Waals surface area contributed by atoms with Crippen molar-refractivity contribution in [3.63, 3.8) is 0 Å². The molecule has 5 rings (SSSR count). The van der Waals surface area contributed by atoms with Crippen LogP contribution in [0.3, 0.4) is 0 Å². The van der Waals surface area contributed by atoms with Crippen molar-refractivity contribution in [1.82, 2.24) is 30.1 Å². The van der Waals surface area contributed by atoms with E-state index in [4.69, 9.17) is 14.5 Å². The molecule has 232 valence electrons. The number of ether oxygens (including phenoxy) is 2. The van der Waals surface area contributed by atoms with Gasteiger partial charge in [-0.15, -0.1) is 0 Å². The first-order valence-corrected chi connectivity index (χ1v) is 15.0. The van der Waals surface area contributed by atoms with Gasteiger partial charge in [0, 0.05) is 56.1 Å². The van der Waals surface area contributed by atoms with Crippen LogP contribution < -0.4 is 20.3 Å². The van der Waals surface area contributed by atoms with Crippen LogP contribution >= 0.6 is 13.5 Å². The molecule has 0 aliphatic carbocycles. The maximum Gasteiger partial charge on any atom is 0.407 e. The second-order valence-electron chi connectivity index (χ2n) is 11.7. The quantitative estimate of drug-likeness (QED) is 0.392. The molecule has 0 bridgehead atoms. The molecule has 0 unspecified atom stereocenters. The van der Waals surface area contributed by atoms with Crippen molar-refractivity contribution < 1.29 is 14.3 Å². The van der Waals surface area contributed by atoms with Crippen LogP contribution in [-0.4, -0.2) is 89.2 Å². The van der Waals surface area contributed by atoms with Gasteiger partial charge in [-0.05, 0) is 71.7 Å². The van der Waals surface area contributed by atoms with Crippen molar-refractivity contribution in [2.24, 2.45) is 0 Å². The zero-order valence-corrected chi connectivity index (χ0v) is 26.6. The van der Waals surface area contributed by atoms with Crippen LogP contribution in [-0.2, 0) is 4.74 Å². The number of alkyl carbamates (subject to hydrolysis) is 1. The maximum absolute atomic E-state index is 12.8. The Balaban J connectivity index is 0.00000423. The van der Waals surface area contributed by atoms with Crippen molar-refractivity contribution in [1.29, 1.82) is 5.26 Å². The molecule has 2 saturated heterocycles. The highest BCUT2D eigenvalue weighted by molar-refractivity contribution is 7.59. The van der Waals surface area contributed by atoms with E-state index >= 15 is 0 Å². The molecular weight excluding hydrogens is 564 g/mol. The third-order valence-electron chi connectivity index (χ3n) is 8.16. The van der Waals surface area contributed by atoms with E-state index in [9.17, 15) is 10.1 Å². The second kappa shape index (κ2) is 14.3. The first-order chi connectivity index (χ1) is 20.3. The lowest BCUT2D eigenvalue weighted by molar-refractivity contribution is 0.0892. The number of amides is 1. The molecule has 0 radical (unpaired) electrons. The molecule has 3 aromatic rings. The van der Waals surface area contributed by atoms with Crippen molar-refractivity contribution in [3.8, 4) is 22.9 Å². The summed E-state index contributed by atoms with van der Waals surface area (Å²) in [6, 6.07) is 8.74. The Kier molecular flexibility index (Phi) is 10.8. The standard InChI is InChI=1S/C31H42N8O3.H2S/c1-5-41-26-16-27(29-25(17-32)19-35-39(29)20-26)24-6-7-28(34-18-24)38-13-9-31(10-14-38,36-30(40)42-22(2)3)21-37-12-8-23(4)33-11-15-37;/h6-7,16,18-20,22-23,33H,5,8-15,21H2,1-4H3,(H,36,40);1H2/t23-;/m0./s1. The predicted octanol–water partition coefficient (Wildman–Crippen LogP) is 3.94. The van der Waals surface area contributed by atoms with Gasteiger partial charge in [0.25, 0.3) is 0 Å². The number of aromatic nitrogens is 3. The molecule has 2 N–H and O–H groups in total. The Morgan fingerprint density at radius 1 is 1.23 bits per heavy atom. The van der Waals surface area contributed by atoms with E-state index < -0.39 is 0 Å². The molecule has 2 fully saturated rings. The number of rotatable bonds is 8. The molecule has 1 atom stereocenters. The minimum Gasteiger partial charge on any atom is -0.492 e. The lowest BCUT2D eigenvalue weighted by atomic mass is 9.86. The normalized spacial score (nSPS) is 18.9. The summed E-state index contributed by atoms with van der Waals surface area (Å²) < 4.78 is 12.9. The number of fused-ring (bicyclic) bond motifs is 1. The average molecular weight is 609 g/mol. The highest BCUT2D eigenvalue weighted by atomic mass is 32.1. The molecule has 12 heteroatoms. The molecule has 2 aliphatic rings. The fraction of sp³-hybridized carbons (Fsp3) is 0.548. The van der Waals surface area contributed by atoms with Crippen molar-refractivity contribution in [3.05, 3.63) is 42.4 Å². The van der Waals surface area contributed by atoms with Crippen LogP contribution in [0.1, 0.15) is 52.5 Å². The Morgan fingerprint density at radius 2 is 2.02 bits per heavy atom. The molecule has 0 saturated carbocycles. The molecule has 1 amide bonds. The predicted molar refractivity (Wildman–Crippen MR) is 172 cm³/mol. The molecular formula is C31H44N8O3S. The monoisotopic (exact) mass is 608 g/mol. The lowest BCUT2D eigenvalue weighted by Gasteiger charge is -2.45. The molecule has 0 spiro atoms. The third kappa shape index (κ3) is 7.71. The van der Waals surface area contributed by atoms with Gasteiger partial charge in [-0.25, -0.2) is 14.3 Å². The van der Waals surface area contributed by atoms with Gasteiger partial charge in [-0.3, -0.25) is 4.90 Å². The number of carbonyl (C=O) groups excluding carboxylic acids is 1. The van der Waals surface area contributed by atoms with E-state index in [2.05, 4.69) is 38.5 Å². The summed E-state index contributed by atoms with van der Waals surface area (Å²) in [6.07, 6.45) is 7.37. The first kappa shape index (κ1) is 32.4. The Labute approximate surface area is 261 Å². The number of nitriles is 1. The van der Waals surface area contributed by atoms with Crippen molar-refractivity contribution in [2.45, 2.75) is 64.6 Å². The van der Waals surface area contributed by atoms with Gasteiger partial charge in [-0.1, -0.05) is 0 Å². The average Bonchev–Trinajstić information content (AvgIpc) is 3.28. The summed E-state index contributed by atoms with van der Waals surface area (Å²) in [5.41, 5.74) is 2.60. The Morgan fingerprint density at radius 3 is 2.70 bits per heavy atom. The van der Waals surface area contributed by atoms with E-state index in [0.717, 1.165) is 81.0 Å². The summed E-state index contributed by atoms with van der Waals surface area (Å²) in [7, 11) is 0. The minimum atomic E-state index is -0.364. The number of carbonyl (C=O) groups is 1. The number of anilines is 1. The summed E-state index contributed by atoms with van der Waals surface area (Å²) in [6.45, 7) is 13.7. The van der Waals surface area contributed by atoms with E-state index in [1.165, 1.54) is 0 Å². The lowest BCUT2D eigenvalue weighted by Crippen LogP contribution is -2.61. The second-order valence-corrected chi connectivity index (χ2v) is 11.7. The van der Waals surface area contributed by atoms with Crippen LogP contribution in [0, 0.1) is 11.3 Å². The van der Waals surface area contributed by atoms with Gasteiger partial charge in [0.2, 0.25) is 0 Å². The smallest absolute Gasteiger partial charge is 0.407 e. The number of pyridine rings is 2. The van der Waals surface area contributed by atoms with Crippen LogP contribution in [0.25, 0.3) is 16.6 Å². The minimum absolute atomic E-state index is 0. The molecule has 43 heavy (non-hydrogen) atoms. The summed E-state index contributed by atoms with van der Waals surface area (Å²) in [5, 5.41) is 20.8. The fourth-order valence-electron chi connectivity index (χ4n) is 5.97. The van der Waals surface area contributed by atoms with E-state index in [0.29, 0.717) is 24.0 Å². The highest BCUT2D eigenvalue weighted by Crippen LogP contribution is 2.32. The molecule has 2 aliphatic heterocycles. The Bertz CT molecular complexity index is 1410. The summed E-state index contributed by atoms with van der Waals surface area (Å²) in [4.78, 5) is 22.3. The van der Waals surface area contributed by atoms with Gasteiger partial charge in [0.1, 0.15) is 17.6 Å². The number of nitrogens with one attached hydrogen (secondary N) is 2. The molecule has 3 aromatic heterocycles. The van der Waals surface area contributed by atoms with Crippen LogP contribution in [0.5, 0.6) is 5.75 Å². The fourth-order valence-corrected chi connectivity index (χ4v) is 5.97. The third-order valence-corrected chi connectivity index (χ3v) is 8.16. The van der Waals surface area contributed by atoms with Gasteiger partial charge in [-0.2, -0.15) is 23.9 Å². The van der Waals surface area contributed by atoms with Crippen molar-refractivity contribution >= 4 is 30.9 Å². The van der Waals surface area contributed by atoms with Gasteiger partial charge < -0.3 is 25.0 Å². The summed E-state index contributed by atoms with van der Waals surface area (Å²) >= 11 is 0. The Hall–Kier alpha value is -3.53. The first-order valence-electron chi connectivity index (χ1n) is 15.0. The number of piperidine rings is 1. The van der Waals surface area contributed by atoms with Crippen LogP contribution in [0.4, 0.5) is 10.6 Å². The number of hydrogen-bond donors (Lipinski definition) is 2. The zero-order chi connectivity index (χ0) is 29.7. The maximum atomic E-state index is 12.8. The largest absolute Gasteiger partial charge is 0.492 e. The van der Waals surface area contributed by atoms with Gasteiger partial charge in [0.15, 0.2) is 0 Å². The zero-order valence-electron chi connectivity index (χ0n) is 25.6. The highest BCUT2D eigenvalue weighted by Gasteiger charge is 2.39.